The Kier molecular flexibility index (Phi) is 9.45. The van der Waals surface area contributed by atoms with Gasteiger partial charge in [-0.2, -0.15) is 8.42 Å². The summed E-state index contributed by atoms with van der Waals surface area (Å²) in [7, 11) is -3.53. The number of hydrogen-bond donors (Lipinski definition) is 0. The van der Waals surface area contributed by atoms with E-state index in [-0.39, 0.29) is 5.75 Å². The Morgan fingerprint density at radius 3 is 2.42 bits per heavy atom. The quantitative estimate of drug-likeness (QED) is 0.165. The predicted molar refractivity (Wildman–Crippen MR) is 150 cm³/mol. The number of unbranched alkanes of at least 4 members (excludes halogenated alkanes) is 5. The average molecular weight is 519 g/mol. The minimum Gasteiger partial charge on any atom is -0.328 e. The molecule has 4 rings (SSSR count). The third-order valence-corrected chi connectivity index (χ3v) is 12.9. The zero-order valence-electron chi connectivity index (χ0n) is 23.8. The molecule has 1 unspecified atom stereocenters. The van der Waals surface area contributed by atoms with E-state index >= 15 is 0 Å². The molecule has 0 N–H and O–H groups in total. The highest BCUT2D eigenvalue weighted by molar-refractivity contribution is 7.86. The second-order valence-corrected chi connectivity index (χ2v) is 15.4. The second kappa shape index (κ2) is 12.0. The van der Waals surface area contributed by atoms with Crippen LogP contribution >= 0.6 is 0 Å². The maximum atomic E-state index is 12.2. The standard InChI is InChI=1S/C32H54O3S/c1-5-6-7-8-9-12-24-36(33,34)35-23-13-14-25(2)28-18-19-29-27-17-16-26-15-10-11-21-31(26,3)30(27)20-22-32(28,29)4/h25-30H,5-12,14-22,24H2,1-4H3/t25-,26?,27+,28-,29+,30+,31+,32-/m1/s1. The molecule has 0 aromatic carbocycles. The predicted octanol–water partition coefficient (Wildman–Crippen LogP) is 8.73. The first-order valence-corrected chi connectivity index (χ1v) is 17.2. The summed E-state index contributed by atoms with van der Waals surface area (Å²) in [6.07, 6.45) is 24.0. The van der Waals surface area contributed by atoms with Gasteiger partial charge >= 0.3 is 10.1 Å². The average Bonchev–Trinajstić information content (AvgIpc) is 3.21. The van der Waals surface area contributed by atoms with Crippen LogP contribution in [0, 0.1) is 58.4 Å². The van der Waals surface area contributed by atoms with Crippen molar-refractivity contribution in [3.63, 3.8) is 0 Å². The van der Waals surface area contributed by atoms with Crippen LogP contribution in [-0.4, -0.2) is 14.2 Å². The molecule has 0 aromatic heterocycles. The van der Waals surface area contributed by atoms with Crippen molar-refractivity contribution in [1.29, 1.82) is 0 Å². The van der Waals surface area contributed by atoms with E-state index in [1.54, 1.807) is 0 Å². The lowest BCUT2D eigenvalue weighted by molar-refractivity contribution is -0.114. The molecular formula is C32H54O3S. The van der Waals surface area contributed by atoms with Gasteiger partial charge in [-0.05, 0) is 104 Å². The molecule has 4 aliphatic rings. The number of rotatable bonds is 10. The molecule has 0 radical (unpaired) electrons. The highest BCUT2D eigenvalue weighted by atomic mass is 32.2. The van der Waals surface area contributed by atoms with Gasteiger partial charge in [-0.15, -0.1) is 0 Å². The lowest BCUT2D eigenvalue weighted by atomic mass is 9.44. The molecule has 0 heterocycles. The Bertz CT molecular complexity index is 885. The Morgan fingerprint density at radius 2 is 1.61 bits per heavy atom. The van der Waals surface area contributed by atoms with Crippen LogP contribution in [0.1, 0.15) is 137 Å². The lowest BCUT2D eigenvalue weighted by Crippen LogP contribution is -2.53. The van der Waals surface area contributed by atoms with Crippen molar-refractivity contribution in [3.05, 3.63) is 0 Å². The topological polar surface area (TPSA) is 43.4 Å². The van der Waals surface area contributed by atoms with Crippen LogP contribution < -0.4 is 0 Å². The molecule has 36 heavy (non-hydrogen) atoms. The van der Waals surface area contributed by atoms with Crippen LogP contribution in [0.25, 0.3) is 0 Å². The van der Waals surface area contributed by atoms with Crippen LogP contribution in [0.3, 0.4) is 0 Å². The van der Waals surface area contributed by atoms with Crippen molar-refractivity contribution in [2.24, 2.45) is 46.3 Å². The first-order chi connectivity index (χ1) is 17.2. The summed E-state index contributed by atoms with van der Waals surface area (Å²) in [6.45, 7) is 9.81. The summed E-state index contributed by atoms with van der Waals surface area (Å²) in [6, 6.07) is 0. The van der Waals surface area contributed by atoms with E-state index in [4.69, 9.17) is 4.18 Å². The van der Waals surface area contributed by atoms with Crippen molar-refractivity contribution in [3.8, 4) is 12.0 Å². The zero-order valence-corrected chi connectivity index (χ0v) is 24.6. The van der Waals surface area contributed by atoms with E-state index in [1.165, 1.54) is 83.5 Å². The molecule has 4 aliphatic carbocycles. The van der Waals surface area contributed by atoms with E-state index in [9.17, 15) is 8.42 Å². The molecule has 0 spiro atoms. The Hall–Kier alpha value is -0.690. The second-order valence-electron chi connectivity index (χ2n) is 13.7. The van der Waals surface area contributed by atoms with Gasteiger partial charge in [-0.25, -0.2) is 0 Å². The highest BCUT2D eigenvalue weighted by Gasteiger charge is 2.60. The van der Waals surface area contributed by atoms with Crippen molar-refractivity contribution in [1.82, 2.24) is 0 Å². The molecule has 0 amide bonds. The van der Waals surface area contributed by atoms with Gasteiger partial charge in [0.15, 0.2) is 0 Å². The van der Waals surface area contributed by atoms with E-state index < -0.39 is 10.1 Å². The number of hydrogen-bond acceptors (Lipinski definition) is 3. The van der Waals surface area contributed by atoms with Crippen LogP contribution in [-0.2, 0) is 14.3 Å². The summed E-state index contributed by atoms with van der Waals surface area (Å²) >= 11 is 0. The maximum Gasteiger partial charge on any atom is 0.317 e. The molecule has 0 bridgehead atoms. The fourth-order valence-corrected chi connectivity index (χ4v) is 10.6. The van der Waals surface area contributed by atoms with E-state index in [1.807, 2.05) is 0 Å². The van der Waals surface area contributed by atoms with E-state index in [0.29, 0.717) is 29.1 Å². The molecule has 206 valence electrons. The van der Waals surface area contributed by atoms with Crippen molar-refractivity contribution < 1.29 is 12.6 Å². The molecule has 4 saturated carbocycles. The first kappa shape index (κ1) is 28.3. The molecule has 3 nitrogen and oxygen atoms in total. The fraction of sp³-hybridized carbons (Fsp3) is 0.938. The van der Waals surface area contributed by atoms with Crippen LogP contribution in [0.15, 0.2) is 0 Å². The van der Waals surface area contributed by atoms with E-state index in [2.05, 4.69) is 39.7 Å². The third-order valence-electron chi connectivity index (χ3n) is 11.8. The molecule has 0 aliphatic heterocycles. The summed E-state index contributed by atoms with van der Waals surface area (Å²) in [5.74, 6) is 8.14. The van der Waals surface area contributed by atoms with Gasteiger partial charge in [0.05, 0.1) is 5.75 Å². The smallest absolute Gasteiger partial charge is 0.317 e. The summed E-state index contributed by atoms with van der Waals surface area (Å²) in [5.41, 5.74) is 1.04. The van der Waals surface area contributed by atoms with Gasteiger partial charge in [0.1, 0.15) is 6.11 Å². The SMILES string of the molecule is CCCCCCCCS(=O)(=O)OC#CC[C@@H](C)[C@H]1CC[C@H]2[C@@H]3CCC4CCCC[C@]4(C)[C@H]3CC[C@]12C. The third kappa shape index (κ3) is 5.97. The minimum atomic E-state index is -3.53. The Morgan fingerprint density at radius 1 is 0.861 bits per heavy atom. The summed E-state index contributed by atoms with van der Waals surface area (Å²) in [4.78, 5) is 0. The van der Waals surface area contributed by atoms with Gasteiger partial charge in [0, 0.05) is 6.42 Å². The zero-order chi connectivity index (χ0) is 25.8. The maximum absolute atomic E-state index is 12.2. The van der Waals surface area contributed by atoms with Crippen molar-refractivity contribution in [2.45, 2.75) is 137 Å². The van der Waals surface area contributed by atoms with Gasteiger partial charge in [0.2, 0.25) is 0 Å². The van der Waals surface area contributed by atoms with Gasteiger partial charge in [-0.3, -0.25) is 0 Å². The highest BCUT2D eigenvalue weighted by Crippen LogP contribution is 2.68. The monoisotopic (exact) mass is 518 g/mol. The fourth-order valence-electron chi connectivity index (χ4n) is 9.81. The molecular weight excluding hydrogens is 464 g/mol. The van der Waals surface area contributed by atoms with Crippen LogP contribution in [0.4, 0.5) is 0 Å². The van der Waals surface area contributed by atoms with Gasteiger partial charge in [-0.1, -0.05) is 78.6 Å². The molecule has 8 atom stereocenters. The summed E-state index contributed by atoms with van der Waals surface area (Å²) < 4.78 is 29.4. The summed E-state index contributed by atoms with van der Waals surface area (Å²) in [5, 5.41) is 0. The molecule has 0 saturated heterocycles. The minimum absolute atomic E-state index is 0.0913. The Balaban J connectivity index is 1.28. The molecule has 4 heteroatoms. The molecule has 0 aromatic rings. The van der Waals surface area contributed by atoms with Gasteiger partial charge < -0.3 is 4.18 Å². The van der Waals surface area contributed by atoms with Crippen LogP contribution in [0.2, 0.25) is 0 Å². The molecule has 4 fully saturated rings. The van der Waals surface area contributed by atoms with Crippen LogP contribution in [0.5, 0.6) is 0 Å². The number of fused-ring (bicyclic) bond motifs is 5. The Labute approximate surface area is 223 Å². The van der Waals surface area contributed by atoms with E-state index in [0.717, 1.165) is 42.9 Å². The van der Waals surface area contributed by atoms with Gasteiger partial charge in [0.25, 0.3) is 0 Å². The largest absolute Gasteiger partial charge is 0.328 e. The normalized spacial score (nSPS) is 38.7. The lowest BCUT2D eigenvalue weighted by Gasteiger charge is -2.60. The van der Waals surface area contributed by atoms with Crippen molar-refractivity contribution >= 4 is 10.1 Å². The van der Waals surface area contributed by atoms with Crippen molar-refractivity contribution in [2.75, 3.05) is 5.75 Å². The first-order valence-electron chi connectivity index (χ1n) is 15.6.